The first-order chi connectivity index (χ1) is 10.0. The molecule has 2 unspecified atom stereocenters. The average molecular weight is 291 g/mol. The summed E-state index contributed by atoms with van der Waals surface area (Å²) in [6.07, 6.45) is 1.23. The first kappa shape index (κ1) is 15.8. The highest BCUT2D eigenvalue weighted by Gasteiger charge is 2.24. The van der Waals surface area contributed by atoms with Gasteiger partial charge in [0.25, 0.3) is 5.91 Å². The van der Waals surface area contributed by atoms with Gasteiger partial charge in [-0.05, 0) is 31.4 Å². The third-order valence-corrected chi connectivity index (χ3v) is 4.01. The van der Waals surface area contributed by atoms with Gasteiger partial charge in [-0.15, -0.1) is 0 Å². The van der Waals surface area contributed by atoms with E-state index < -0.39 is 0 Å². The molecule has 1 aromatic heterocycles. The molecule has 5 heteroatoms. The zero-order valence-electron chi connectivity index (χ0n) is 13.3. The quantitative estimate of drug-likeness (QED) is 0.874. The standard InChI is InChI=1S/C16H25N3O2/c1-10(2)14-7-13(8-15(17-4)19-14)16(20)18-9-12-5-6-21-11(12)3/h7-8,10-12H,5-6,9H2,1-4H3,(H,17,19)(H,18,20). The molecule has 21 heavy (non-hydrogen) atoms. The van der Waals surface area contributed by atoms with E-state index in [1.54, 1.807) is 6.07 Å². The molecule has 1 saturated heterocycles. The zero-order chi connectivity index (χ0) is 15.4. The molecule has 2 N–H and O–H groups in total. The molecule has 1 aliphatic rings. The summed E-state index contributed by atoms with van der Waals surface area (Å²) in [5, 5.41) is 6.02. The number of rotatable bonds is 5. The van der Waals surface area contributed by atoms with E-state index in [0.717, 1.165) is 24.5 Å². The summed E-state index contributed by atoms with van der Waals surface area (Å²) in [6, 6.07) is 3.66. The number of anilines is 1. The third kappa shape index (κ3) is 3.94. The summed E-state index contributed by atoms with van der Waals surface area (Å²) in [5.74, 6) is 1.37. The van der Waals surface area contributed by atoms with Crippen LogP contribution in [0.2, 0.25) is 0 Å². The number of carbonyl (C=O) groups is 1. The Kier molecular flexibility index (Phi) is 5.17. The molecule has 1 fully saturated rings. The van der Waals surface area contributed by atoms with Crippen LogP contribution in [0.1, 0.15) is 49.2 Å². The molecule has 1 amide bonds. The molecule has 2 heterocycles. The minimum absolute atomic E-state index is 0.0464. The van der Waals surface area contributed by atoms with Gasteiger partial charge in [-0.25, -0.2) is 4.98 Å². The van der Waals surface area contributed by atoms with E-state index in [1.165, 1.54) is 0 Å². The van der Waals surface area contributed by atoms with E-state index >= 15 is 0 Å². The van der Waals surface area contributed by atoms with Crippen molar-refractivity contribution in [2.75, 3.05) is 25.5 Å². The number of hydrogen-bond acceptors (Lipinski definition) is 4. The largest absolute Gasteiger partial charge is 0.378 e. The highest BCUT2D eigenvalue weighted by molar-refractivity contribution is 5.95. The van der Waals surface area contributed by atoms with Gasteiger partial charge < -0.3 is 15.4 Å². The number of nitrogens with one attached hydrogen (secondary N) is 2. The van der Waals surface area contributed by atoms with E-state index in [9.17, 15) is 4.79 Å². The van der Waals surface area contributed by atoms with Crippen molar-refractivity contribution in [3.05, 3.63) is 23.4 Å². The van der Waals surface area contributed by atoms with Gasteiger partial charge in [0.05, 0.1) is 6.10 Å². The third-order valence-electron chi connectivity index (χ3n) is 4.01. The fourth-order valence-electron chi connectivity index (χ4n) is 2.48. The van der Waals surface area contributed by atoms with Crippen LogP contribution in [0, 0.1) is 5.92 Å². The molecule has 0 aliphatic carbocycles. The molecule has 0 bridgehead atoms. The second-order valence-electron chi connectivity index (χ2n) is 5.91. The number of aromatic nitrogens is 1. The van der Waals surface area contributed by atoms with Gasteiger partial charge in [0.2, 0.25) is 0 Å². The lowest BCUT2D eigenvalue weighted by molar-refractivity contribution is 0.0907. The van der Waals surface area contributed by atoms with Crippen molar-refractivity contribution >= 4 is 11.7 Å². The predicted molar refractivity (Wildman–Crippen MR) is 83.7 cm³/mol. The van der Waals surface area contributed by atoms with E-state index in [1.807, 2.05) is 13.1 Å². The second kappa shape index (κ2) is 6.89. The summed E-state index contributed by atoms with van der Waals surface area (Å²) < 4.78 is 5.52. The van der Waals surface area contributed by atoms with E-state index in [2.05, 4.69) is 36.4 Å². The monoisotopic (exact) mass is 291 g/mol. The van der Waals surface area contributed by atoms with Crippen LogP contribution in [0.3, 0.4) is 0 Å². The first-order valence-corrected chi connectivity index (χ1v) is 7.60. The van der Waals surface area contributed by atoms with Gasteiger partial charge in [-0.1, -0.05) is 13.8 Å². The number of ether oxygens (including phenoxy) is 1. The van der Waals surface area contributed by atoms with E-state index in [4.69, 9.17) is 4.74 Å². The molecule has 1 aliphatic heterocycles. The van der Waals surface area contributed by atoms with Crippen molar-refractivity contribution in [3.8, 4) is 0 Å². The maximum atomic E-state index is 12.3. The van der Waals surface area contributed by atoms with E-state index in [-0.39, 0.29) is 17.9 Å². The Hall–Kier alpha value is -1.62. The van der Waals surface area contributed by atoms with Crippen molar-refractivity contribution in [2.45, 2.75) is 39.2 Å². The van der Waals surface area contributed by atoms with Gasteiger partial charge >= 0.3 is 0 Å². The minimum Gasteiger partial charge on any atom is -0.378 e. The SMILES string of the molecule is CNc1cc(C(=O)NCC2CCOC2C)cc(C(C)C)n1. The Morgan fingerprint density at radius 3 is 2.81 bits per heavy atom. The van der Waals surface area contributed by atoms with Gasteiger partial charge in [0.15, 0.2) is 0 Å². The Balaban J connectivity index is 2.05. The summed E-state index contributed by atoms with van der Waals surface area (Å²) in [7, 11) is 1.81. The highest BCUT2D eigenvalue weighted by Crippen LogP contribution is 2.20. The number of pyridine rings is 1. The number of hydrogen-bond donors (Lipinski definition) is 2. The molecule has 0 aromatic carbocycles. The van der Waals surface area contributed by atoms with Crippen LogP contribution in [-0.4, -0.2) is 37.2 Å². The zero-order valence-corrected chi connectivity index (χ0v) is 13.3. The van der Waals surface area contributed by atoms with Crippen LogP contribution < -0.4 is 10.6 Å². The lowest BCUT2D eigenvalue weighted by Gasteiger charge is -2.15. The van der Waals surface area contributed by atoms with Crippen LogP contribution in [0.5, 0.6) is 0 Å². The Morgan fingerprint density at radius 1 is 1.48 bits per heavy atom. The van der Waals surface area contributed by atoms with Crippen LogP contribution >= 0.6 is 0 Å². The summed E-state index contributed by atoms with van der Waals surface area (Å²) >= 11 is 0. The van der Waals surface area contributed by atoms with Crippen molar-refractivity contribution in [1.29, 1.82) is 0 Å². The van der Waals surface area contributed by atoms with Crippen LogP contribution in [0.4, 0.5) is 5.82 Å². The molecule has 0 spiro atoms. The minimum atomic E-state index is -0.0464. The van der Waals surface area contributed by atoms with Gasteiger partial charge in [0.1, 0.15) is 5.82 Å². The van der Waals surface area contributed by atoms with Crippen LogP contribution in [0.15, 0.2) is 12.1 Å². The van der Waals surface area contributed by atoms with Gasteiger partial charge in [-0.2, -0.15) is 0 Å². The van der Waals surface area contributed by atoms with Gasteiger partial charge in [-0.3, -0.25) is 4.79 Å². The molecule has 2 rings (SSSR count). The molecular formula is C16H25N3O2. The Labute approximate surface area is 126 Å². The number of amides is 1. The highest BCUT2D eigenvalue weighted by atomic mass is 16.5. The Bertz CT molecular complexity index is 502. The van der Waals surface area contributed by atoms with Gasteiger partial charge in [0, 0.05) is 37.4 Å². The predicted octanol–water partition coefficient (Wildman–Crippen LogP) is 2.40. The molecule has 116 valence electrons. The molecule has 2 atom stereocenters. The smallest absolute Gasteiger partial charge is 0.251 e. The van der Waals surface area contributed by atoms with Crippen molar-refractivity contribution in [3.63, 3.8) is 0 Å². The van der Waals surface area contributed by atoms with Crippen molar-refractivity contribution in [2.24, 2.45) is 5.92 Å². The average Bonchev–Trinajstić information content (AvgIpc) is 2.89. The second-order valence-corrected chi connectivity index (χ2v) is 5.91. The summed E-state index contributed by atoms with van der Waals surface area (Å²) in [4.78, 5) is 16.8. The molecule has 0 radical (unpaired) electrons. The fraction of sp³-hybridized carbons (Fsp3) is 0.625. The number of nitrogens with zero attached hydrogens (tertiary/aromatic N) is 1. The van der Waals surface area contributed by atoms with Crippen LogP contribution in [-0.2, 0) is 4.74 Å². The lowest BCUT2D eigenvalue weighted by Crippen LogP contribution is -2.32. The maximum Gasteiger partial charge on any atom is 0.251 e. The summed E-state index contributed by atoms with van der Waals surface area (Å²) in [5.41, 5.74) is 1.58. The normalized spacial score (nSPS) is 21.6. The molecule has 0 saturated carbocycles. The van der Waals surface area contributed by atoms with E-state index in [0.29, 0.717) is 18.0 Å². The Morgan fingerprint density at radius 2 is 2.24 bits per heavy atom. The van der Waals surface area contributed by atoms with Crippen molar-refractivity contribution in [1.82, 2.24) is 10.3 Å². The lowest BCUT2D eigenvalue weighted by atomic mass is 10.0. The molecule has 5 nitrogen and oxygen atoms in total. The fourth-order valence-corrected chi connectivity index (χ4v) is 2.48. The topological polar surface area (TPSA) is 63.2 Å². The molecular weight excluding hydrogens is 266 g/mol. The summed E-state index contributed by atoms with van der Waals surface area (Å²) in [6.45, 7) is 7.65. The first-order valence-electron chi connectivity index (χ1n) is 7.60. The number of carbonyl (C=O) groups excluding carboxylic acids is 1. The van der Waals surface area contributed by atoms with Crippen molar-refractivity contribution < 1.29 is 9.53 Å². The molecule has 1 aromatic rings. The maximum absolute atomic E-state index is 12.3. The van der Waals surface area contributed by atoms with Crippen LogP contribution in [0.25, 0.3) is 0 Å².